The maximum Gasteiger partial charge on any atom is 0.220 e. The molecule has 2 heterocycles. The van der Waals surface area contributed by atoms with Crippen LogP contribution >= 0.6 is 0 Å². The van der Waals surface area contributed by atoms with Crippen molar-refractivity contribution in [3.63, 3.8) is 0 Å². The summed E-state index contributed by atoms with van der Waals surface area (Å²) >= 11 is 0. The molecule has 6 heteroatoms. The number of carbonyl (C=O) groups is 1. The summed E-state index contributed by atoms with van der Waals surface area (Å²) in [5.41, 5.74) is 0.804. The van der Waals surface area contributed by atoms with Crippen LogP contribution in [0.2, 0.25) is 0 Å². The molecule has 1 aromatic carbocycles. The van der Waals surface area contributed by atoms with Gasteiger partial charge in [0, 0.05) is 31.3 Å². The molecule has 0 saturated carbocycles. The van der Waals surface area contributed by atoms with E-state index >= 15 is 0 Å². The third kappa shape index (κ3) is 3.51. The first-order valence-corrected chi connectivity index (χ1v) is 7.27. The molecular weight excluding hydrogens is 287 g/mol. The van der Waals surface area contributed by atoms with Gasteiger partial charge in [-0.2, -0.15) is 0 Å². The lowest BCUT2D eigenvalue weighted by Crippen LogP contribution is -2.25. The Morgan fingerprint density at radius 1 is 1.41 bits per heavy atom. The molecule has 2 aromatic rings. The van der Waals surface area contributed by atoms with Crippen molar-refractivity contribution in [1.82, 2.24) is 10.5 Å². The number of nitrogens with one attached hydrogen (secondary N) is 1. The standard InChI is InChI=1S/C16H17FN2O3/c17-14-4-2-1-3-13(14)15-8-12(22-19-15)9-18-16(20)7-11-5-6-21-10-11/h1-4,8,11H,5-7,9-10H2,(H,18,20)/t11-/m1/s1. The van der Waals surface area contributed by atoms with Crippen LogP contribution in [0.4, 0.5) is 4.39 Å². The first-order valence-electron chi connectivity index (χ1n) is 7.27. The summed E-state index contributed by atoms with van der Waals surface area (Å²) < 4.78 is 24.0. The van der Waals surface area contributed by atoms with Gasteiger partial charge in [-0.25, -0.2) is 4.39 Å². The molecule has 0 aliphatic carbocycles. The van der Waals surface area contributed by atoms with Crippen molar-refractivity contribution in [1.29, 1.82) is 0 Å². The molecule has 1 aliphatic rings. The smallest absolute Gasteiger partial charge is 0.220 e. The van der Waals surface area contributed by atoms with Crippen LogP contribution in [0.15, 0.2) is 34.9 Å². The van der Waals surface area contributed by atoms with E-state index in [4.69, 9.17) is 9.26 Å². The zero-order valence-corrected chi connectivity index (χ0v) is 12.0. The Labute approximate surface area is 127 Å². The van der Waals surface area contributed by atoms with Crippen LogP contribution in [0.1, 0.15) is 18.6 Å². The lowest BCUT2D eigenvalue weighted by Gasteiger charge is -2.06. The highest BCUT2D eigenvalue weighted by atomic mass is 19.1. The molecule has 1 fully saturated rings. The topological polar surface area (TPSA) is 64.4 Å². The number of nitrogens with zero attached hydrogens (tertiary/aromatic N) is 1. The monoisotopic (exact) mass is 304 g/mol. The molecule has 1 amide bonds. The molecule has 0 unspecified atom stereocenters. The minimum absolute atomic E-state index is 0.0423. The van der Waals surface area contributed by atoms with Crippen molar-refractivity contribution < 1.29 is 18.4 Å². The van der Waals surface area contributed by atoms with Gasteiger partial charge in [-0.1, -0.05) is 17.3 Å². The molecule has 1 N–H and O–H groups in total. The predicted molar refractivity (Wildman–Crippen MR) is 77.3 cm³/mol. The Kier molecular flexibility index (Phi) is 4.48. The highest BCUT2D eigenvalue weighted by Gasteiger charge is 2.19. The van der Waals surface area contributed by atoms with E-state index in [9.17, 15) is 9.18 Å². The molecule has 1 atom stereocenters. The van der Waals surface area contributed by atoms with Crippen LogP contribution in [0.3, 0.4) is 0 Å². The molecule has 0 bridgehead atoms. The van der Waals surface area contributed by atoms with E-state index in [0.29, 0.717) is 36.0 Å². The Hall–Kier alpha value is -2.21. The summed E-state index contributed by atoms with van der Waals surface area (Å²) in [5.74, 6) is 0.393. The summed E-state index contributed by atoms with van der Waals surface area (Å²) in [4.78, 5) is 11.8. The Morgan fingerprint density at radius 3 is 3.05 bits per heavy atom. The highest BCUT2D eigenvalue weighted by molar-refractivity contribution is 5.76. The summed E-state index contributed by atoms with van der Waals surface area (Å²) in [5, 5.41) is 6.63. The zero-order valence-electron chi connectivity index (χ0n) is 12.0. The molecule has 0 radical (unpaired) electrons. The average molecular weight is 304 g/mol. The number of aromatic nitrogens is 1. The number of hydrogen-bond acceptors (Lipinski definition) is 4. The minimum Gasteiger partial charge on any atom is -0.381 e. The summed E-state index contributed by atoms with van der Waals surface area (Å²) in [6, 6.07) is 7.99. The Morgan fingerprint density at radius 2 is 2.27 bits per heavy atom. The maximum absolute atomic E-state index is 13.7. The number of benzene rings is 1. The summed E-state index contributed by atoms with van der Waals surface area (Å²) in [6.07, 6.45) is 1.38. The number of carbonyl (C=O) groups excluding carboxylic acids is 1. The number of hydrogen-bond donors (Lipinski definition) is 1. The Balaban J connectivity index is 1.55. The maximum atomic E-state index is 13.7. The van der Waals surface area contributed by atoms with E-state index in [1.807, 2.05) is 0 Å². The minimum atomic E-state index is -0.354. The van der Waals surface area contributed by atoms with Gasteiger partial charge in [0.25, 0.3) is 0 Å². The fourth-order valence-corrected chi connectivity index (χ4v) is 2.46. The number of ether oxygens (including phenoxy) is 1. The molecule has 1 aromatic heterocycles. The quantitative estimate of drug-likeness (QED) is 0.922. The number of amides is 1. The van der Waals surface area contributed by atoms with Gasteiger partial charge in [-0.3, -0.25) is 4.79 Å². The van der Waals surface area contributed by atoms with Crippen LogP contribution in [0.25, 0.3) is 11.3 Å². The largest absolute Gasteiger partial charge is 0.381 e. The summed E-state index contributed by atoms with van der Waals surface area (Å²) in [6.45, 7) is 1.62. The van der Waals surface area contributed by atoms with Crippen LogP contribution < -0.4 is 5.32 Å². The second kappa shape index (κ2) is 6.70. The fourth-order valence-electron chi connectivity index (χ4n) is 2.46. The molecule has 3 rings (SSSR count). The third-order valence-electron chi connectivity index (χ3n) is 3.67. The van der Waals surface area contributed by atoms with Gasteiger partial charge >= 0.3 is 0 Å². The van der Waals surface area contributed by atoms with Crippen molar-refractivity contribution in [3.05, 3.63) is 41.9 Å². The predicted octanol–water partition coefficient (Wildman–Crippen LogP) is 2.52. The zero-order chi connectivity index (χ0) is 15.4. The van der Waals surface area contributed by atoms with Gasteiger partial charge in [-0.05, 0) is 24.5 Å². The van der Waals surface area contributed by atoms with Crippen molar-refractivity contribution in [2.45, 2.75) is 19.4 Å². The second-order valence-corrected chi connectivity index (χ2v) is 5.37. The number of halogens is 1. The van der Waals surface area contributed by atoms with Crippen molar-refractivity contribution in [2.75, 3.05) is 13.2 Å². The van der Waals surface area contributed by atoms with Crippen molar-refractivity contribution in [3.8, 4) is 11.3 Å². The van der Waals surface area contributed by atoms with Crippen LogP contribution in [0.5, 0.6) is 0 Å². The first-order chi connectivity index (χ1) is 10.7. The first kappa shape index (κ1) is 14.7. The van der Waals surface area contributed by atoms with Crippen LogP contribution in [-0.2, 0) is 16.1 Å². The van der Waals surface area contributed by atoms with Gasteiger partial charge < -0.3 is 14.6 Å². The normalized spacial score (nSPS) is 17.6. The van der Waals surface area contributed by atoms with Gasteiger partial charge in [0.1, 0.15) is 11.5 Å². The molecule has 22 heavy (non-hydrogen) atoms. The van der Waals surface area contributed by atoms with Crippen LogP contribution in [-0.4, -0.2) is 24.3 Å². The third-order valence-corrected chi connectivity index (χ3v) is 3.67. The van der Waals surface area contributed by atoms with E-state index in [1.165, 1.54) is 6.07 Å². The molecule has 116 valence electrons. The highest BCUT2D eigenvalue weighted by Crippen LogP contribution is 2.22. The van der Waals surface area contributed by atoms with E-state index in [-0.39, 0.29) is 18.3 Å². The molecular formula is C16H17FN2O3. The van der Waals surface area contributed by atoms with Gasteiger partial charge in [0.15, 0.2) is 5.76 Å². The molecule has 5 nitrogen and oxygen atoms in total. The van der Waals surface area contributed by atoms with Crippen molar-refractivity contribution in [2.24, 2.45) is 5.92 Å². The fraction of sp³-hybridized carbons (Fsp3) is 0.375. The lowest BCUT2D eigenvalue weighted by atomic mass is 10.1. The SMILES string of the molecule is O=C(C[C@H]1CCOC1)NCc1cc(-c2ccccc2F)no1. The number of rotatable bonds is 5. The van der Waals surface area contributed by atoms with Crippen molar-refractivity contribution >= 4 is 5.91 Å². The average Bonchev–Trinajstić information content (AvgIpc) is 3.17. The van der Waals surface area contributed by atoms with E-state index in [1.54, 1.807) is 24.3 Å². The molecule has 0 spiro atoms. The Bertz CT molecular complexity index is 650. The van der Waals surface area contributed by atoms with E-state index < -0.39 is 0 Å². The molecule has 1 saturated heterocycles. The van der Waals surface area contributed by atoms with Gasteiger partial charge in [0.05, 0.1) is 6.54 Å². The van der Waals surface area contributed by atoms with E-state index in [2.05, 4.69) is 10.5 Å². The van der Waals surface area contributed by atoms with Gasteiger partial charge in [0.2, 0.25) is 5.91 Å². The lowest BCUT2D eigenvalue weighted by molar-refractivity contribution is -0.122. The van der Waals surface area contributed by atoms with Gasteiger partial charge in [-0.15, -0.1) is 0 Å². The summed E-state index contributed by atoms with van der Waals surface area (Å²) in [7, 11) is 0. The second-order valence-electron chi connectivity index (χ2n) is 5.37. The van der Waals surface area contributed by atoms with E-state index in [0.717, 1.165) is 13.0 Å². The molecule has 1 aliphatic heterocycles. The van der Waals surface area contributed by atoms with Crippen LogP contribution in [0, 0.1) is 11.7 Å².